The minimum atomic E-state index is -0.0596. The average Bonchev–Trinajstić information content (AvgIpc) is 3.02. The van der Waals surface area contributed by atoms with Crippen LogP contribution in [0.3, 0.4) is 0 Å². The summed E-state index contributed by atoms with van der Waals surface area (Å²) in [5, 5.41) is 6.23. The van der Waals surface area contributed by atoms with Crippen molar-refractivity contribution < 1.29 is 9.53 Å². The third kappa shape index (κ3) is 4.61. The van der Waals surface area contributed by atoms with Crippen molar-refractivity contribution in [1.82, 2.24) is 14.9 Å². The van der Waals surface area contributed by atoms with Crippen LogP contribution in [0.4, 0.5) is 5.95 Å². The van der Waals surface area contributed by atoms with E-state index < -0.39 is 0 Å². The Labute approximate surface area is 153 Å². The Morgan fingerprint density at radius 1 is 1.12 bits per heavy atom. The normalized spacial score (nSPS) is 10.8. The molecule has 6 heteroatoms. The first kappa shape index (κ1) is 17.9. The zero-order valence-corrected chi connectivity index (χ0v) is 14.9. The number of imidazole rings is 1. The summed E-state index contributed by atoms with van der Waals surface area (Å²) >= 11 is 0. The fourth-order valence-corrected chi connectivity index (χ4v) is 2.75. The minimum Gasteiger partial charge on any atom is -0.380 e. The summed E-state index contributed by atoms with van der Waals surface area (Å²) < 4.78 is 7.17. The molecule has 2 aromatic carbocycles. The van der Waals surface area contributed by atoms with Crippen LogP contribution in [-0.2, 0) is 22.6 Å². The molecule has 0 unspecified atom stereocenters. The molecule has 3 rings (SSSR count). The van der Waals surface area contributed by atoms with Crippen molar-refractivity contribution in [2.45, 2.75) is 20.0 Å². The van der Waals surface area contributed by atoms with Gasteiger partial charge in [-0.2, -0.15) is 0 Å². The SMILES string of the molecule is CCOCCNC(=O)Cn1c(NCc2ccccc2)nc2ccccc21. The minimum absolute atomic E-state index is 0.0596. The van der Waals surface area contributed by atoms with Crippen LogP contribution in [0, 0.1) is 0 Å². The van der Waals surface area contributed by atoms with E-state index in [-0.39, 0.29) is 12.5 Å². The van der Waals surface area contributed by atoms with Crippen molar-refractivity contribution in [3.63, 3.8) is 0 Å². The highest BCUT2D eigenvalue weighted by Gasteiger charge is 2.13. The number of anilines is 1. The van der Waals surface area contributed by atoms with Crippen LogP contribution in [-0.4, -0.2) is 35.2 Å². The topological polar surface area (TPSA) is 68.2 Å². The maximum atomic E-state index is 12.3. The van der Waals surface area contributed by atoms with Crippen molar-refractivity contribution in [2.75, 3.05) is 25.1 Å². The second kappa shape index (κ2) is 9.01. The predicted molar refractivity (Wildman–Crippen MR) is 103 cm³/mol. The summed E-state index contributed by atoms with van der Waals surface area (Å²) in [4.78, 5) is 16.9. The number of fused-ring (bicyclic) bond motifs is 1. The zero-order valence-electron chi connectivity index (χ0n) is 14.9. The van der Waals surface area contributed by atoms with Crippen LogP contribution in [0.2, 0.25) is 0 Å². The maximum absolute atomic E-state index is 12.3. The fraction of sp³-hybridized carbons (Fsp3) is 0.300. The van der Waals surface area contributed by atoms with E-state index in [2.05, 4.69) is 27.8 Å². The van der Waals surface area contributed by atoms with Crippen molar-refractivity contribution in [3.05, 3.63) is 60.2 Å². The quantitative estimate of drug-likeness (QED) is 0.581. The third-order valence-corrected chi connectivity index (χ3v) is 4.02. The van der Waals surface area contributed by atoms with Gasteiger partial charge in [0.2, 0.25) is 11.9 Å². The molecule has 0 fully saturated rings. The number of amides is 1. The highest BCUT2D eigenvalue weighted by atomic mass is 16.5. The lowest BCUT2D eigenvalue weighted by atomic mass is 10.2. The molecule has 1 heterocycles. The van der Waals surface area contributed by atoms with E-state index in [4.69, 9.17) is 4.74 Å². The molecule has 1 amide bonds. The standard InChI is InChI=1S/C20H24N4O2/c1-2-26-13-12-21-19(25)15-24-18-11-7-6-10-17(18)23-20(24)22-14-16-8-4-3-5-9-16/h3-11H,2,12-15H2,1H3,(H,21,25)(H,22,23). The van der Waals surface area contributed by atoms with E-state index in [1.165, 1.54) is 0 Å². The number of aromatic nitrogens is 2. The lowest BCUT2D eigenvalue weighted by molar-refractivity contribution is -0.121. The fourth-order valence-electron chi connectivity index (χ4n) is 2.75. The number of para-hydroxylation sites is 2. The van der Waals surface area contributed by atoms with E-state index in [0.717, 1.165) is 16.6 Å². The van der Waals surface area contributed by atoms with E-state index in [9.17, 15) is 4.79 Å². The average molecular weight is 352 g/mol. The van der Waals surface area contributed by atoms with Gasteiger partial charge in [0.05, 0.1) is 17.6 Å². The third-order valence-electron chi connectivity index (χ3n) is 4.02. The molecule has 0 saturated carbocycles. The number of hydrogen-bond acceptors (Lipinski definition) is 4. The van der Waals surface area contributed by atoms with E-state index in [1.807, 2.05) is 54.0 Å². The monoisotopic (exact) mass is 352 g/mol. The molecule has 0 spiro atoms. The van der Waals surface area contributed by atoms with E-state index in [1.54, 1.807) is 0 Å². The zero-order chi connectivity index (χ0) is 18.2. The smallest absolute Gasteiger partial charge is 0.240 e. The molecule has 0 saturated heterocycles. The molecular formula is C20H24N4O2. The molecule has 0 radical (unpaired) electrons. The van der Waals surface area contributed by atoms with Gasteiger partial charge in [-0.15, -0.1) is 0 Å². The number of benzene rings is 2. The lowest BCUT2D eigenvalue weighted by Gasteiger charge is -2.11. The van der Waals surface area contributed by atoms with Crippen LogP contribution in [0.5, 0.6) is 0 Å². The summed E-state index contributed by atoms with van der Waals surface area (Å²) in [5.74, 6) is 0.630. The van der Waals surface area contributed by atoms with E-state index in [0.29, 0.717) is 32.3 Å². The first-order valence-corrected chi connectivity index (χ1v) is 8.85. The Hall–Kier alpha value is -2.86. The molecule has 6 nitrogen and oxygen atoms in total. The number of carbonyl (C=O) groups is 1. The van der Waals surface area contributed by atoms with Gasteiger partial charge in [-0.25, -0.2) is 4.98 Å². The van der Waals surface area contributed by atoms with Gasteiger partial charge in [-0.05, 0) is 24.6 Å². The Balaban J connectivity index is 1.73. The molecule has 136 valence electrons. The summed E-state index contributed by atoms with van der Waals surface area (Å²) in [6.45, 7) is 4.47. The van der Waals surface area contributed by atoms with Gasteiger partial charge in [-0.3, -0.25) is 4.79 Å². The first-order chi connectivity index (χ1) is 12.8. The van der Waals surface area contributed by atoms with Crippen LogP contribution >= 0.6 is 0 Å². The Morgan fingerprint density at radius 2 is 1.88 bits per heavy atom. The van der Waals surface area contributed by atoms with Crippen LogP contribution in [0.25, 0.3) is 11.0 Å². The van der Waals surface area contributed by atoms with Crippen molar-refractivity contribution in [2.24, 2.45) is 0 Å². The summed E-state index contributed by atoms with van der Waals surface area (Å²) in [5.41, 5.74) is 2.96. The Bertz CT molecular complexity index is 845. The van der Waals surface area contributed by atoms with Gasteiger partial charge in [0.15, 0.2) is 0 Å². The first-order valence-electron chi connectivity index (χ1n) is 8.85. The molecule has 26 heavy (non-hydrogen) atoms. The number of rotatable bonds is 9. The lowest BCUT2D eigenvalue weighted by Crippen LogP contribution is -2.30. The molecule has 0 bridgehead atoms. The largest absolute Gasteiger partial charge is 0.380 e. The molecular weight excluding hydrogens is 328 g/mol. The van der Waals surface area contributed by atoms with E-state index >= 15 is 0 Å². The second-order valence-electron chi connectivity index (χ2n) is 5.90. The number of nitrogens with zero attached hydrogens (tertiary/aromatic N) is 2. The number of nitrogens with one attached hydrogen (secondary N) is 2. The van der Waals surface area contributed by atoms with Crippen LogP contribution in [0.1, 0.15) is 12.5 Å². The number of hydrogen-bond donors (Lipinski definition) is 2. The Morgan fingerprint density at radius 3 is 2.69 bits per heavy atom. The maximum Gasteiger partial charge on any atom is 0.240 e. The number of ether oxygens (including phenoxy) is 1. The molecule has 0 aliphatic rings. The van der Waals surface area contributed by atoms with Crippen LogP contribution in [0.15, 0.2) is 54.6 Å². The van der Waals surface area contributed by atoms with Gasteiger partial charge < -0.3 is 19.9 Å². The summed E-state index contributed by atoms with van der Waals surface area (Å²) in [6.07, 6.45) is 0. The highest BCUT2D eigenvalue weighted by Crippen LogP contribution is 2.20. The molecule has 0 atom stereocenters. The predicted octanol–water partition coefficient (Wildman–Crippen LogP) is 2.80. The van der Waals surface area contributed by atoms with Crippen molar-refractivity contribution in [3.8, 4) is 0 Å². The molecule has 2 N–H and O–H groups in total. The number of carbonyl (C=O) groups excluding carboxylic acids is 1. The highest BCUT2D eigenvalue weighted by molar-refractivity contribution is 5.83. The van der Waals surface area contributed by atoms with Gasteiger partial charge >= 0.3 is 0 Å². The molecule has 3 aromatic rings. The van der Waals surface area contributed by atoms with Gasteiger partial charge in [-0.1, -0.05) is 42.5 Å². The molecule has 0 aliphatic carbocycles. The van der Waals surface area contributed by atoms with Crippen LogP contribution < -0.4 is 10.6 Å². The summed E-state index contributed by atoms with van der Waals surface area (Å²) in [6, 6.07) is 17.9. The van der Waals surface area contributed by atoms with Gasteiger partial charge in [0.25, 0.3) is 0 Å². The van der Waals surface area contributed by atoms with Crippen molar-refractivity contribution in [1.29, 1.82) is 0 Å². The van der Waals surface area contributed by atoms with Gasteiger partial charge in [0.1, 0.15) is 6.54 Å². The summed E-state index contributed by atoms with van der Waals surface area (Å²) in [7, 11) is 0. The second-order valence-corrected chi connectivity index (χ2v) is 5.90. The van der Waals surface area contributed by atoms with Crippen molar-refractivity contribution >= 4 is 22.9 Å². The Kier molecular flexibility index (Phi) is 6.22. The molecule has 0 aliphatic heterocycles. The molecule has 1 aromatic heterocycles. The van der Waals surface area contributed by atoms with Gasteiger partial charge in [0, 0.05) is 19.7 Å².